The zero-order chi connectivity index (χ0) is 16.5. The summed E-state index contributed by atoms with van der Waals surface area (Å²) in [5.74, 6) is -0.386. The van der Waals surface area contributed by atoms with Gasteiger partial charge in [-0.15, -0.1) is 12.4 Å². The topological polar surface area (TPSA) is 92.7 Å². The van der Waals surface area contributed by atoms with Crippen LogP contribution in [-0.2, 0) is 9.59 Å². The molecule has 2 aliphatic rings. The molecule has 3 unspecified atom stereocenters. The fourth-order valence-corrected chi connectivity index (χ4v) is 3.58. The predicted molar refractivity (Wildman–Crippen MR) is 93.2 cm³/mol. The number of nitrogens with zero attached hydrogens (tertiary/aromatic N) is 2. The molecule has 23 heavy (non-hydrogen) atoms. The van der Waals surface area contributed by atoms with Crippen molar-refractivity contribution >= 4 is 24.2 Å². The fourth-order valence-electron chi connectivity index (χ4n) is 3.58. The van der Waals surface area contributed by atoms with Gasteiger partial charge in [-0.2, -0.15) is 0 Å². The second kappa shape index (κ2) is 7.81. The fraction of sp³-hybridized carbons (Fsp3) is 0.875. The minimum atomic E-state index is -0.296. The van der Waals surface area contributed by atoms with E-state index in [1.54, 1.807) is 0 Å². The quantitative estimate of drug-likeness (QED) is 0.781. The van der Waals surface area contributed by atoms with E-state index in [2.05, 4.69) is 18.7 Å². The Morgan fingerprint density at radius 1 is 1.22 bits per heavy atom. The van der Waals surface area contributed by atoms with Crippen LogP contribution < -0.4 is 11.5 Å². The lowest BCUT2D eigenvalue weighted by Crippen LogP contribution is -2.58. The number of amides is 2. The van der Waals surface area contributed by atoms with Gasteiger partial charge < -0.3 is 16.4 Å². The van der Waals surface area contributed by atoms with Gasteiger partial charge in [0.25, 0.3) is 0 Å². The normalized spacial score (nSPS) is 29.5. The number of hydrogen-bond donors (Lipinski definition) is 2. The smallest absolute Gasteiger partial charge is 0.239 e. The van der Waals surface area contributed by atoms with Crippen LogP contribution >= 0.6 is 12.4 Å². The molecule has 0 spiro atoms. The third-order valence-electron chi connectivity index (χ3n) is 5.38. The first-order valence-electron chi connectivity index (χ1n) is 8.30. The van der Waals surface area contributed by atoms with Crippen molar-refractivity contribution in [1.82, 2.24) is 9.80 Å². The van der Waals surface area contributed by atoms with Crippen molar-refractivity contribution in [3.63, 3.8) is 0 Å². The summed E-state index contributed by atoms with van der Waals surface area (Å²) in [6.07, 6.45) is 2.55. The van der Waals surface area contributed by atoms with E-state index in [1.807, 2.05) is 11.8 Å². The molecule has 134 valence electrons. The van der Waals surface area contributed by atoms with E-state index in [4.69, 9.17) is 11.5 Å². The molecule has 4 N–H and O–H groups in total. The van der Waals surface area contributed by atoms with Crippen LogP contribution in [0.2, 0.25) is 0 Å². The van der Waals surface area contributed by atoms with Crippen LogP contribution in [0.1, 0.15) is 40.0 Å². The maximum absolute atomic E-state index is 12.8. The summed E-state index contributed by atoms with van der Waals surface area (Å²) in [6, 6.07) is 0.0127. The molecule has 0 aromatic heterocycles. The molecule has 2 amide bonds. The molecule has 0 aliphatic carbocycles. The van der Waals surface area contributed by atoms with Gasteiger partial charge in [0.2, 0.25) is 11.8 Å². The maximum Gasteiger partial charge on any atom is 0.239 e. The number of likely N-dealkylation sites (tertiary alicyclic amines) is 2. The van der Waals surface area contributed by atoms with Crippen LogP contribution in [0.4, 0.5) is 0 Å². The van der Waals surface area contributed by atoms with Gasteiger partial charge in [0.05, 0.1) is 12.0 Å². The Kier molecular flexibility index (Phi) is 6.86. The highest BCUT2D eigenvalue weighted by atomic mass is 35.5. The second-order valence-corrected chi connectivity index (χ2v) is 7.56. The molecular formula is C16H31ClN4O2. The van der Waals surface area contributed by atoms with Crippen molar-refractivity contribution in [1.29, 1.82) is 0 Å². The lowest BCUT2D eigenvalue weighted by Gasteiger charge is -2.45. The first kappa shape index (κ1) is 20.2. The van der Waals surface area contributed by atoms with Crippen molar-refractivity contribution in [2.45, 2.75) is 52.1 Å². The number of carbonyl (C=O) groups is 2. The van der Waals surface area contributed by atoms with E-state index < -0.39 is 0 Å². The van der Waals surface area contributed by atoms with Crippen molar-refractivity contribution in [3.05, 3.63) is 0 Å². The third-order valence-corrected chi connectivity index (χ3v) is 5.38. The largest absolute Gasteiger partial charge is 0.369 e. The molecular weight excluding hydrogens is 316 g/mol. The molecule has 2 fully saturated rings. The van der Waals surface area contributed by atoms with Crippen LogP contribution in [0.5, 0.6) is 0 Å². The Morgan fingerprint density at radius 3 is 2.43 bits per heavy atom. The van der Waals surface area contributed by atoms with Gasteiger partial charge in [0.1, 0.15) is 0 Å². The molecule has 2 heterocycles. The minimum Gasteiger partial charge on any atom is -0.369 e. The average Bonchev–Trinajstić information content (AvgIpc) is 2.48. The van der Waals surface area contributed by atoms with Gasteiger partial charge >= 0.3 is 0 Å². The summed E-state index contributed by atoms with van der Waals surface area (Å²) >= 11 is 0. The van der Waals surface area contributed by atoms with Crippen molar-refractivity contribution in [2.75, 3.05) is 26.2 Å². The van der Waals surface area contributed by atoms with E-state index >= 15 is 0 Å². The SMILES string of the molecule is CC(C(=O)N1CCCC(C(N)=O)C1)N1CCC(N)C(C)(C)C1.Cl. The molecule has 2 aliphatic heterocycles. The van der Waals surface area contributed by atoms with Gasteiger partial charge in [-0.1, -0.05) is 13.8 Å². The van der Waals surface area contributed by atoms with Crippen molar-refractivity contribution in [3.8, 4) is 0 Å². The number of primary amides is 1. The molecule has 3 atom stereocenters. The molecule has 7 heteroatoms. The van der Waals surface area contributed by atoms with E-state index in [0.717, 1.165) is 38.9 Å². The number of nitrogens with two attached hydrogens (primary N) is 2. The van der Waals surface area contributed by atoms with Crippen LogP contribution in [-0.4, -0.2) is 59.9 Å². The van der Waals surface area contributed by atoms with Crippen molar-refractivity contribution < 1.29 is 9.59 Å². The van der Waals surface area contributed by atoms with Gasteiger partial charge in [-0.3, -0.25) is 14.5 Å². The highest BCUT2D eigenvalue weighted by Gasteiger charge is 2.38. The lowest BCUT2D eigenvalue weighted by molar-refractivity contribution is -0.140. The molecule has 2 saturated heterocycles. The molecule has 0 bridgehead atoms. The van der Waals surface area contributed by atoms with E-state index in [0.29, 0.717) is 6.54 Å². The number of piperidine rings is 2. The number of carbonyl (C=O) groups excluding carboxylic acids is 2. The van der Waals surface area contributed by atoms with Crippen LogP contribution in [0.3, 0.4) is 0 Å². The molecule has 0 aromatic rings. The second-order valence-electron chi connectivity index (χ2n) is 7.56. The highest BCUT2D eigenvalue weighted by molar-refractivity contribution is 5.85. The average molecular weight is 347 g/mol. The van der Waals surface area contributed by atoms with E-state index in [-0.39, 0.29) is 47.6 Å². The highest BCUT2D eigenvalue weighted by Crippen LogP contribution is 2.29. The standard InChI is InChI=1S/C16H30N4O2.ClH/c1-11(20-8-6-13(17)16(2,3)10-20)15(22)19-7-4-5-12(9-19)14(18)21;/h11-13H,4-10,17H2,1-3H3,(H2,18,21);1H. The van der Waals surface area contributed by atoms with Crippen LogP contribution in [0, 0.1) is 11.3 Å². The summed E-state index contributed by atoms with van der Waals surface area (Å²) < 4.78 is 0. The first-order valence-corrected chi connectivity index (χ1v) is 8.30. The monoisotopic (exact) mass is 346 g/mol. The Morgan fingerprint density at radius 2 is 1.87 bits per heavy atom. The summed E-state index contributed by atoms with van der Waals surface area (Å²) in [5.41, 5.74) is 11.6. The Labute approximate surface area is 145 Å². The minimum absolute atomic E-state index is 0. The van der Waals surface area contributed by atoms with Gasteiger partial charge in [0.15, 0.2) is 0 Å². The number of halogens is 1. The number of hydrogen-bond acceptors (Lipinski definition) is 4. The van der Waals surface area contributed by atoms with E-state index in [9.17, 15) is 9.59 Å². The molecule has 6 nitrogen and oxygen atoms in total. The molecule has 0 radical (unpaired) electrons. The third kappa shape index (κ3) is 4.58. The maximum atomic E-state index is 12.8. The Hall–Kier alpha value is -0.850. The van der Waals surface area contributed by atoms with Gasteiger partial charge in [-0.25, -0.2) is 0 Å². The zero-order valence-electron chi connectivity index (χ0n) is 14.5. The molecule has 0 saturated carbocycles. The summed E-state index contributed by atoms with van der Waals surface area (Å²) in [5, 5.41) is 0. The Balaban J connectivity index is 0.00000264. The summed E-state index contributed by atoms with van der Waals surface area (Å²) in [7, 11) is 0. The van der Waals surface area contributed by atoms with Crippen LogP contribution in [0.25, 0.3) is 0 Å². The Bertz CT molecular complexity index is 444. The summed E-state index contributed by atoms with van der Waals surface area (Å²) in [6.45, 7) is 9.15. The summed E-state index contributed by atoms with van der Waals surface area (Å²) in [4.78, 5) is 28.2. The molecule has 2 rings (SSSR count). The van der Waals surface area contributed by atoms with E-state index in [1.165, 1.54) is 0 Å². The predicted octanol–water partition coefficient (Wildman–Crippen LogP) is 0.580. The zero-order valence-corrected chi connectivity index (χ0v) is 15.3. The lowest BCUT2D eigenvalue weighted by atomic mass is 9.79. The van der Waals surface area contributed by atoms with Gasteiger partial charge in [0, 0.05) is 32.2 Å². The number of rotatable bonds is 3. The van der Waals surface area contributed by atoms with Crippen LogP contribution in [0.15, 0.2) is 0 Å². The first-order chi connectivity index (χ1) is 10.2. The molecule has 0 aromatic carbocycles. The van der Waals surface area contributed by atoms with Crippen molar-refractivity contribution in [2.24, 2.45) is 22.8 Å². The van der Waals surface area contributed by atoms with Gasteiger partial charge in [-0.05, 0) is 31.6 Å².